The molecule has 0 aliphatic heterocycles. The Morgan fingerprint density at radius 3 is 0.616 bits per heavy atom. The lowest BCUT2D eigenvalue weighted by atomic mass is 9.96. The highest BCUT2D eigenvalue weighted by molar-refractivity contribution is 5.71. The standard InChI is InChI=1S/C106H106O6/c1-10-19-28-37-46-56-71-86-97(80-65-50-40-31-22-13-4)100(83-68-53-43-34-25-16-7)89-74-59-49-60-77-92-104(107)110-95-103(112-106(109)94-79-64-62-76-91-102(85-70-55-45-36-27-18-9)99(82-67-52-42-33-24-15-6)88-73-58-48-39-30-21-12-3)96-111-105(108)93-78-63-61-75-90-101(84-69-54-44-35-26-17-8)98(81-66-51-41-32-23-14-5)87-72-57-47-38-29-20-11-2/h7-9,103H,13-15,22-24,31-33,40-42,49-52,59-67,74-82,89-96H2,1-6H3/b100-97-,101-98-,102-99-. The summed E-state index contributed by atoms with van der Waals surface area (Å²) in [6.45, 7) is 11.2. The zero-order valence-corrected chi connectivity index (χ0v) is 67.5. The van der Waals surface area contributed by atoms with Gasteiger partial charge in [0, 0.05) is 52.7 Å². The zero-order chi connectivity index (χ0) is 81.4. The molecule has 0 amide bonds. The zero-order valence-electron chi connectivity index (χ0n) is 67.5. The monoisotopic (exact) mass is 1470 g/mol. The van der Waals surface area contributed by atoms with Crippen molar-refractivity contribution in [3.63, 3.8) is 0 Å². The number of unbranched alkanes of at least 4 members (excludes halogenated alkanes) is 25. The molecule has 0 spiro atoms. The van der Waals surface area contributed by atoms with E-state index < -0.39 is 24.0 Å². The Bertz CT molecular complexity index is 4720. The summed E-state index contributed by atoms with van der Waals surface area (Å²) in [5.74, 6) is 124. The summed E-state index contributed by atoms with van der Waals surface area (Å²) < 4.78 is 17.4. The average Bonchev–Trinajstić information content (AvgIpc) is 0.928. The molecule has 6 heteroatoms. The van der Waals surface area contributed by atoms with Crippen molar-refractivity contribution in [2.24, 2.45) is 0 Å². The minimum atomic E-state index is -1.02. The molecule has 1 unspecified atom stereocenters. The van der Waals surface area contributed by atoms with Crippen molar-refractivity contribution in [1.82, 2.24) is 0 Å². The molecule has 0 aromatic carbocycles. The topological polar surface area (TPSA) is 78.9 Å². The van der Waals surface area contributed by atoms with Crippen LogP contribution in [-0.2, 0) is 28.6 Å². The third-order valence-electron chi connectivity index (χ3n) is 16.1. The lowest BCUT2D eigenvalue weighted by Gasteiger charge is -2.18. The van der Waals surface area contributed by atoms with Crippen LogP contribution in [0.5, 0.6) is 0 Å². The van der Waals surface area contributed by atoms with Crippen LogP contribution in [0.2, 0.25) is 0 Å². The van der Waals surface area contributed by atoms with Crippen LogP contribution >= 0.6 is 0 Å². The van der Waals surface area contributed by atoms with Gasteiger partial charge in [-0.05, 0) is 330 Å². The first kappa shape index (κ1) is 99.1. The maximum absolute atomic E-state index is 13.6. The molecule has 0 radical (unpaired) electrons. The van der Waals surface area contributed by atoms with Gasteiger partial charge in [0.25, 0.3) is 0 Å². The normalized spacial score (nSPS) is 9.46. The Morgan fingerprint density at radius 2 is 0.402 bits per heavy atom. The summed E-state index contributed by atoms with van der Waals surface area (Å²) in [7, 11) is 0. The minimum Gasteiger partial charge on any atom is -0.462 e. The molecule has 0 aromatic rings. The molecule has 0 aliphatic rings. The third-order valence-corrected chi connectivity index (χ3v) is 16.1. The minimum absolute atomic E-state index is 0.103. The molecule has 0 saturated carbocycles. The number of rotatable bonds is 48. The van der Waals surface area contributed by atoms with Crippen molar-refractivity contribution in [2.45, 2.75) is 304 Å². The van der Waals surface area contributed by atoms with Gasteiger partial charge in [0.1, 0.15) is 13.2 Å². The smallest absolute Gasteiger partial charge is 0.306 e. The van der Waals surface area contributed by atoms with Crippen LogP contribution in [0, 0.1) is 286 Å². The van der Waals surface area contributed by atoms with Gasteiger partial charge in [0.2, 0.25) is 0 Å². The van der Waals surface area contributed by atoms with Crippen LogP contribution in [0.25, 0.3) is 0 Å². The fraction of sp³-hybridized carbons (Fsp3) is 0.462. The number of hydrogen-bond acceptors (Lipinski definition) is 6. The molecule has 0 N–H and O–H groups in total. The largest absolute Gasteiger partial charge is 0.462 e. The first-order valence-corrected chi connectivity index (χ1v) is 39.5. The number of carbonyl (C=O) groups excluding carboxylic acids is 3. The Kier molecular flexibility index (Phi) is 71.3. The summed E-state index contributed by atoms with van der Waals surface area (Å²) in [6.07, 6.45) is 49.3. The average molecular weight is 1480 g/mol. The summed E-state index contributed by atoms with van der Waals surface area (Å²) in [5, 5.41) is 0. The van der Waals surface area contributed by atoms with Crippen LogP contribution in [-0.4, -0.2) is 37.2 Å². The number of ether oxygens (including phenoxy) is 3. The maximum atomic E-state index is 13.6. The Hall–Kier alpha value is -12.9. The fourth-order valence-corrected chi connectivity index (χ4v) is 10.4. The second-order valence-electron chi connectivity index (χ2n) is 25.1. The van der Waals surface area contributed by atoms with Crippen molar-refractivity contribution in [2.75, 3.05) is 13.2 Å². The summed E-state index contributed by atoms with van der Waals surface area (Å²) in [5.41, 5.74) is 5.44. The highest BCUT2D eigenvalue weighted by Crippen LogP contribution is 2.24. The lowest BCUT2D eigenvalue weighted by molar-refractivity contribution is -0.167. The van der Waals surface area contributed by atoms with E-state index in [1.165, 1.54) is 57.8 Å². The van der Waals surface area contributed by atoms with Gasteiger partial charge >= 0.3 is 17.9 Å². The van der Waals surface area contributed by atoms with Crippen LogP contribution in [0.3, 0.4) is 0 Å². The predicted molar refractivity (Wildman–Crippen MR) is 461 cm³/mol. The van der Waals surface area contributed by atoms with Crippen molar-refractivity contribution in [3.05, 3.63) is 33.4 Å². The first-order chi connectivity index (χ1) is 55.2. The Morgan fingerprint density at radius 1 is 0.223 bits per heavy atom. The lowest BCUT2D eigenvalue weighted by Crippen LogP contribution is -2.30. The molecular weight excluding hydrogens is 1370 g/mol. The van der Waals surface area contributed by atoms with Crippen LogP contribution < -0.4 is 0 Å². The molecule has 0 fully saturated rings. The van der Waals surface area contributed by atoms with E-state index in [-0.39, 0.29) is 32.5 Å². The Labute approximate surface area is 679 Å². The van der Waals surface area contributed by atoms with Gasteiger partial charge < -0.3 is 14.2 Å². The Balaban J connectivity index is 6.69. The molecule has 0 rings (SSSR count). The van der Waals surface area contributed by atoms with E-state index in [9.17, 15) is 14.4 Å². The molecule has 0 saturated heterocycles. The number of allylic oxidation sites excluding steroid dienone is 6. The summed E-state index contributed by atoms with van der Waals surface area (Å²) in [4.78, 5) is 40.4. The number of esters is 3. The van der Waals surface area contributed by atoms with Crippen molar-refractivity contribution in [3.8, 4) is 286 Å². The number of carbonyl (C=O) groups is 3. The number of hydrogen-bond donors (Lipinski definition) is 0. The second kappa shape index (κ2) is 80.6. The summed E-state index contributed by atoms with van der Waals surface area (Å²) >= 11 is 0. The molecule has 0 bridgehead atoms. The van der Waals surface area contributed by atoms with Gasteiger partial charge in [0.15, 0.2) is 6.10 Å². The van der Waals surface area contributed by atoms with E-state index in [0.717, 1.165) is 175 Å². The van der Waals surface area contributed by atoms with E-state index in [4.69, 9.17) is 33.5 Å². The highest BCUT2D eigenvalue weighted by atomic mass is 16.6. The van der Waals surface area contributed by atoms with Gasteiger partial charge in [-0.15, -0.1) is 19.3 Å². The van der Waals surface area contributed by atoms with Crippen molar-refractivity contribution >= 4 is 17.9 Å². The third kappa shape index (κ3) is 66.5. The van der Waals surface area contributed by atoms with E-state index in [0.29, 0.717) is 38.5 Å². The first-order valence-electron chi connectivity index (χ1n) is 39.5. The molecule has 6 nitrogen and oxygen atoms in total. The van der Waals surface area contributed by atoms with Gasteiger partial charge in [-0.1, -0.05) is 215 Å². The molecule has 566 valence electrons. The molecule has 0 heterocycles. The summed E-state index contributed by atoms with van der Waals surface area (Å²) in [6, 6.07) is 0. The molecule has 1 atom stereocenters. The van der Waals surface area contributed by atoms with Crippen molar-refractivity contribution < 1.29 is 28.6 Å². The van der Waals surface area contributed by atoms with Gasteiger partial charge in [-0.2, -0.15) is 0 Å². The van der Waals surface area contributed by atoms with E-state index in [2.05, 4.69) is 287 Å². The highest BCUT2D eigenvalue weighted by Gasteiger charge is 2.20. The fourth-order valence-electron chi connectivity index (χ4n) is 10.4. The van der Waals surface area contributed by atoms with E-state index in [1.807, 2.05) is 0 Å². The molecule has 112 heavy (non-hydrogen) atoms. The SMILES string of the molecule is C#CC#CC#CC#C/C(CCCCCCCC(=O)OCC(COC(=O)CCCCCC/C(C#CC#CC#CC#C)=C(\C#CC#CC#CC#CC)CCCCCCCC)OC(=O)CCCCCC/C(C#CC#CC#CC#C)=C(\C#CC#CC#CC#CC)CCCCCCCC)=C(/C#CC#CC#CC#CC)CCCCCCCC. The quantitative estimate of drug-likeness (QED) is 0.0261. The molecular formula is C106H106O6. The number of terminal acetylenes is 3. The van der Waals surface area contributed by atoms with Gasteiger partial charge in [-0.25, -0.2) is 0 Å². The maximum Gasteiger partial charge on any atom is 0.306 e. The molecule has 0 aromatic heterocycles. The van der Waals surface area contributed by atoms with Crippen molar-refractivity contribution in [1.29, 1.82) is 0 Å². The van der Waals surface area contributed by atoms with Crippen LogP contribution in [0.1, 0.15) is 298 Å². The van der Waals surface area contributed by atoms with E-state index in [1.54, 1.807) is 20.8 Å². The van der Waals surface area contributed by atoms with Gasteiger partial charge in [-0.3, -0.25) is 14.4 Å². The molecule has 0 aliphatic carbocycles. The van der Waals surface area contributed by atoms with Gasteiger partial charge in [0.05, 0.1) is 0 Å². The second-order valence-corrected chi connectivity index (χ2v) is 25.1. The van der Waals surface area contributed by atoms with Crippen LogP contribution in [0.4, 0.5) is 0 Å². The van der Waals surface area contributed by atoms with E-state index >= 15 is 0 Å². The van der Waals surface area contributed by atoms with Crippen LogP contribution in [0.15, 0.2) is 33.4 Å². The predicted octanol–water partition coefficient (Wildman–Crippen LogP) is 18.6.